The second-order valence-electron chi connectivity index (χ2n) is 6.16. The van der Waals surface area contributed by atoms with Crippen LogP contribution in [-0.2, 0) is 11.8 Å². The van der Waals surface area contributed by atoms with E-state index in [2.05, 4.69) is 57.3 Å². The fourth-order valence-electron chi connectivity index (χ4n) is 2.13. The largest absolute Gasteiger partial charge is 0.469 e. The van der Waals surface area contributed by atoms with E-state index < -0.39 is 0 Å². The second kappa shape index (κ2) is 5.52. The normalized spacial score (nSPS) is 13.3. The van der Waals surface area contributed by atoms with Gasteiger partial charge in [-0.3, -0.25) is 0 Å². The number of benzene rings is 1. The van der Waals surface area contributed by atoms with Gasteiger partial charge < -0.3 is 9.73 Å². The summed E-state index contributed by atoms with van der Waals surface area (Å²) in [5.41, 5.74) is 2.72. The summed E-state index contributed by atoms with van der Waals surface area (Å²) in [7, 11) is 0. The number of hydrogen-bond acceptors (Lipinski definition) is 2. The number of furan rings is 1. The van der Waals surface area contributed by atoms with Gasteiger partial charge in [0, 0.05) is 18.2 Å². The molecule has 1 N–H and O–H groups in total. The van der Waals surface area contributed by atoms with Crippen LogP contribution in [0.2, 0.25) is 0 Å². The molecule has 1 aromatic carbocycles. The summed E-state index contributed by atoms with van der Waals surface area (Å²) in [6, 6.07) is 13.0. The van der Waals surface area contributed by atoms with Crippen molar-refractivity contribution in [1.29, 1.82) is 0 Å². The van der Waals surface area contributed by atoms with E-state index in [-0.39, 0.29) is 5.41 Å². The molecule has 0 aliphatic heterocycles. The Hall–Kier alpha value is -1.70. The Morgan fingerprint density at radius 1 is 1.11 bits per heavy atom. The lowest BCUT2D eigenvalue weighted by Crippen LogP contribution is -2.18. The third-order valence-electron chi connectivity index (χ3n) is 3.25. The van der Waals surface area contributed by atoms with Crippen LogP contribution in [0.5, 0.6) is 0 Å². The highest BCUT2D eigenvalue weighted by Crippen LogP contribution is 2.23. The summed E-state index contributed by atoms with van der Waals surface area (Å²) in [4.78, 5) is 0. The van der Waals surface area contributed by atoms with Crippen molar-refractivity contribution in [3.63, 3.8) is 0 Å². The Kier molecular flexibility index (Phi) is 3.98. The first kappa shape index (κ1) is 13.7. The first-order valence-electron chi connectivity index (χ1n) is 6.84. The van der Waals surface area contributed by atoms with Crippen LogP contribution in [0.3, 0.4) is 0 Å². The molecule has 1 unspecified atom stereocenters. The van der Waals surface area contributed by atoms with E-state index in [0.717, 1.165) is 17.9 Å². The van der Waals surface area contributed by atoms with Gasteiger partial charge in [0.1, 0.15) is 5.76 Å². The second-order valence-corrected chi connectivity index (χ2v) is 6.16. The molecule has 0 saturated carbocycles. The predicted molar refractivity (Wildman–Crippen MR) is 80.6 cm³/mol. The minimum atomic E-state index is 0.207. The lowest BCUT2D eigenvalue weighted by atomic mass is 9.87. The Morgan fingerprint density at radius 2 is 1.79 bits per heavy atom. The van der Waals surface area contributed by atoms with Gasteiger partial charge in [-0.25, -0.2) is 0 Å². The predicted octanol–water partition coefficient (Wildman–Crippen LogP) is 4.62. The number of hydrogen-bond donors (Lipinski definition) is 1. The van der Waals surface area contributed by atoms with Crippen LogP contribution in [0.15, 0.2) is 47.1 Å². The standard InChI is InChI=1S/C17H23NO/c1-13(12-16-6-5-11-19-16)18-15-9-7-14(8-10-15)17(2,3)4/h5-11,13,18H,12H2,1-4H3. The van der Waals surface area contributed by atoms with Gasteiger partial charge in [-0.05, 0) is 42.2 Å². The zero-order valence-electron chi connectivity index (χ0n) is 12.2. The van der Waals surface area contributed by atoms with E-state index in [4.69, 9.17) is 4.42 Å². The lowest BCUT2D eigenvalue weighted by molar-refractivity contribution is 0.498. The monoisotopic (exact) mass is 257 g/mol. The summed E-state index contributed by atoms with van der Waals surface area (Å²) >= 11 is 0. The van der Waals surface area contributed by atoms with Gasteiger partial charge in [-0.1, -0.05) is 32.9 Å². The maximum atomic E-state index is 5.37. The zero-order valence-corrected chi connectivity index (χ0v) is 12.2. The van der Waals surface area contributed by atoms with Crippen LogP contribution in [0.4, 0.5) is 5.69 Å². The summed E-state index contributed by atoms with van der Waals surface area (Å²) in [6.45, 7) is 8.86. The van der Waals surface area contributed by atoms with Crippen molar-refractivity contribution >= 4 is 5.69 Å². The minimum Gasteiger partial charge on any atom is -0.469 e. The molecular formula is C17H23NO. The van der Waals surface area contributed by atoms with E-state index in [0.29, 0.717) is 6.04 Å². The SMILES string of the molecule is CC(Cc1ccco1)Nc1ccc(C(C)(C)C)cc1. The van der Waals surface area contributed by atoms with Crippen molar-refractivity contribution in [1.82, 2.24) is 0 Å². The first-order valence-corrected chi connectivity index (χ1v) is 6.84. The Balaban J connectivity index is 1.96. The Bertz CT molecular complexity index is 491. The molecule has 1 heterocycles. The van der Waals surface area contributed by atoms with Crippen LogP contribution in [0.25, 0.3) is 0 Å². The smallest absolute Gasteiger partial charge is 0.105 e. The summed E-state index contributed by atoms with van der Waals surface area (Å²) < 4.78 is 5.37. The molecule has 19 heavy (non-hydrogen) atoms. The molecule has 1 atom stereocenters. The van der Waals surface area contributed by atoms with Crippen LogP contribution < -0.4 is 5.32 Å². The fraction of sp³-hybridized carbons (Fsp3) is 0.412. The molecular weight excluding hydrogens is 234 g/mol. The molecule has 0 radical (unpaired) electrons. The van der Waals surface area contributed by atoms with E-state index in [1.165, 1.54) is 5.56 Å². The van der Waals surface area contributed by atoms with Crippen LogP contribution in [0.1, 0.15) is 39.0 Å². The molecule has 0 saturated heterocycles. The molecule has 2 nitrogen and oxygen atoms in total. The Labute approximate surface area is 115 Å². The molecule has 1 aromatic heterocycles. The van der Waals surface area contributed by atoms with Gasteiger partial charge in [-0.15, -0.1) is 0 Å². The van der Waals surface area contributed by atoms with Gasteiger partial charge in [0.2, 0.25) is 0 Å². The van der Waals surface area contributed by atoms with Crippen molar-refractivity contribution in [2.24, 2.45) is 0 Å². The maximum absolute atomic E-state index is 5.37. The third-order valence-corrected chi connectivity index (χ3v) is 3.25. The topological polar surface area (TPSA) is 25.2 Å². The molecule has 0 amide bonds. The fourth-order valence-corrected chi connectivity index (χ4v) is 2.13. The van der Waals surface area contributed by atoms with E-state index in [9.17, 15) is 0 Å². The number of anilines is 1. The average Bonchev–Trinajstić information content (AvgIpc) is 2.81. The number of rotatable bonds is 4. The van der Waals surface area contributed by atoms with Gasteiger partial charge in [0.05, 0.1) is 6.26 Å². The average molecular weight is 257 g/mol. The van der Waals surface area contributed by atoms with Gasteiger partial charge in [0.25, 0.3) is 0 Å². The van der Waals surface area contributed by atoms with Crippen molar-refractivity contribution in [2.75, 3.05) is 5.32 Å². The van der Waals surface area contributed by atoms with E-state index in [1.807, 2.05) is 12.1 Å². The number of nitrogens with one attached hydrogen (secondary N) is 1. The lowest BCUT2D eigenvalue weighted by Gasteiger charge is -2.20. The summed E-state index contributed by atoms with van der Waals surface area (Å²) in [5.74, 6) is 1.02. The molecule has 102 valence electrons. The third kappa shape index (κ3) is 3.88. The molecule has 0 fully saturated rings. The van der Waals surface area contributed by atoms with E-state index in [1.54, 1.807) is 6.26 Å². The molecule has 2 heteroatoms. The van der Waals surface area contributed by atoms with Crippen LogP contribution in [0, 0.1) is 0 Å². The summed E-state index contributed by atoms with van der Waals surface area (Å²) in [5, 5.41) is 3.50. The summed E-state index contributed by atoms with van der Waals surface area (Å²) in [6.07, 6.45) is 2.62. The van der Waals surface area contributed by atoms with Crippen molar-refractivity contribution in [2.45, 2.75) is 45.6 Å². The van der Waals surface area contributed by atoms with Crippen LogP contribution in [-0.4, -0.2) is 6.04 Å². The van der Waals surface area contributed by atoms with E-state index >= 15 is 0 Å². The quantitative estimate of drug-likeness (QED) is 0.864. The van der Waals surface area contributed by atoms with Crippen molar-refractivity contribution < 1.29 is 4.42 Å². The molecule has 0 aliphatic rings. The van der Waals surface area contributed by atoms with Crippen molar-refractivity contribution in [3.8, 4) is 0 Å². The highest BCUT2D eigenvalue weighted by atomic mass is 16.3. The minimum absolute atomic E-state index is 0.207. The van der Waals surface area contributed by atoms with Gasteiger partial charge in [0.15, 0.2) is 0 Å². The molecule has 0 aliphatic carbocycles. The molecule has 0 bridgehead atoms. The maximum Gasteiger partial charge on any atom is 0.105 e. The molecule has 0 spiro atoms. The first-order chi connectivity index (χ1) is 8.95. The Morgan fingerprint density at radius 3 is 2.32 bits per heavy atom. The van der Waals surface area contributed by atoms with Crippen molar-refractivity contribution in [3.05, 3.63) is 54.0 Å². The molecule has 2 rings (SSSR count). The molecule has 2 aromatic rings. The highest BCUT2D eigenvalue weighted by Gasteiger charge is 2.13. The van der Waals surface area contributed by atoms with Gasteiger partial charge >= 0.3 is 0 Å². The zero-order chi connectivity index (χ0) is 13.9. The van der Waals surface area contributed by atoms with Crippen LogP contribution >= 0.6 is 0 Å². The highest BCUT2D eigenvalue weighted by molar-refractivity contribution is 5.46. The van der Waals surface area contributed by atoms with Gasteiger partial charge in [-0.2, -0.15) is 0 Å².